The molecule has 2 aliphatic rings. The molecule has 188 valence electrons. The van der Waals surface area contributed by atoms with E-state index in [1.54, 1.807) is 6.07 Å². The van der Waals surface area contributed by atoms with Crippen LogP contribution in [0.1, 0.15) is 44.9 Å². The van der Waals surface area contributed by atoms with Gasteiger partial charge in [-0.15, -0.1) is 0 Å². The minimum atomic E-state index is -0.151. The summed E-state index contributed by atoms with van der Waals surface area (Å²) >= 11 is 0. The van der Waals surface area contributed by atoms with Crippen LogP contribution in [0.3, 0.4) is 0 Å². The van der Waals surface area contributed by atoms with Gasteiger partial charge in [0.2, 0.25) is 5.91 Å². The van der Waals surface area contributed by atoms with Gasteiger partial charge < -0.3 is 20.5 Å². The van der Waals surface area contributed by atoms with E-state index in [9.17, 15) is 9.59 Å². The van der Waals surface area contributed by atoms with Crippen molar-refractivity contribution >= 4 is 34.3 Å². The number of anilines is 2. The molecule has 3 amide bonds. The number of carbonyl (C=O) groups is 2. The Bertz CT molecular complexity index is 1450. The van der Waals surface area contributed by atoms with Crippen LogP contribution in [0.15, 0.2) is 67.1 Å². The summed E-state index contributed by atoms with van der Waals surface area (Å²) in [5, 5.41) is 10.1. The molecular formula is C29H30N6O2. The summed E-state index contributed by atoms with van der Waals surface area (Å²) in [4.78, 5) is 33.4. The second-order valence-corrected chi connectivity index (χ2v) is 10.00. The first-order valence-electron chi connectivity index (χ1n) is 13.0. The predicted molar refractivity (Wildman–Crippen MR) is 145 cm³/mol. The quantitative estimate of drug-likeness (QED) is 0.311. The summed E-state index contributed by atoms with van der Waals surface area (Å²) in [5.74, 6) is 1.32. The average molecular weight is 495 g/mol. The highest BCUT2D eigenvalue weighted by Crippen LogP contribution is 2.31. The SMILES string of the molecule is O=C(Nc1cccc(-c2ccc3ccn(-c4cc(NC(=O)C5CC5)ncn4)c3c2)c1)NC1CCCCC1. The number of hydrogen-bond acceptors (Lipinski definition) is 4. The molecule has 0 bridgehead atoms. The zero-order valence-electron chi connectivity index (χ0n) is 20.6. The molecule has 2 heterocycles. The molecule has 0 aliphatic heterocycles. The Morgan fingerprint density at radius 1 is 0.838 bits per heavy atom. The van der Waals surface area contributed by atoms with E-state index in [1.165, 1.54) is 25.6 Å². The number of aromatic nitrogens is 3. The van der Waals surface area contributed by atoms with E-state index >= 15 is 0 Å². The number of hydrogen-bond donors (Lipinski definition) is 3. The number of benzene rings is 2. The zero-order chi connectivity index (χ0) is 25.2. The Balaban J connectivity index is 1.23. The molecule has 3 N–H and O–H groups in total. The van der Waals surface area contributed by atoms with Crippen LogP contribution in [0.25, 0.3) is 27.8 Å². The molecule has 0 atom stereocenters. The van der Waals surface area contributed by atoms with Crippen LogP contribution in [-0.2, 0) is 4.79 Å². The zero-order valence-corrected chi connectivity index (χ0v) is 20.6. The van der Waals surface area contributed by atoms with Gasteiger partial charge >= 0.3 is 6.03 Å². The molecule has 2 saturated carbocycles. The van der Waals surface area contributed by atoms with E-state index in [0.29, 0.717) is 11.6 Å². The van der Waals surface area contributed by atoms with Gasteiger partial charge in [-0.05, 0) is 61.1 Å². The van der Waals surface area contributed by atoms with Crippen molar-refractivity contribution in [3.63, 3.8) is 0 Å². The first kappa shape index (κ1) is 23.2. The Hall–Kier alpha value is -4.20. The molecule has 0 unspecified atom stereocenters. The van der Waals surface area contributed by atoms with Crippen molar-refractivity contribution in [1.29, 1.82) is 0 Å². The van der Waals surface area contributed by atoms with Crippen LogP contribution in [0, 0.1) is 5.92 Å². The number of urea groups is 1. The monoisotopic (exact) mass is 494 g/mol. The molecule has 6 rings (SSSR count). The summed E-state index contributed by atoms with van der Waals surface area (Å²) in [7, 11) is 0. The van der Waals surface area contributed by atoms with Crippen molar-refractivity contribution in [2.24, 2.45) is 5.92 Å². The second kappa shape index (κ2) is 10.0. The lowest BCUT2D eigenvalue weighted by Crippen LogP contribution is -2.39. The lowest BCUT2D eigenvalue weighted by atomic mass is 9.96. The summed E-state index contributed by atoms with van der Waals surface area (Å²) in [6.07, 6.45) is 11.0. The number of nitrogens with zero attached hydrogens (tertiary/aromatic N) is 3. The molecule has 8 heteroatoms. The van der Waals surface area contributed by atoms with Crippen LogP contribution in [0.4, 0.5) is 16.3 Å². The van der Waals surface area contributed by atoms with Crippen LogP contribution in [-0.4, -0.2) is 32.5 Å². The van der Waals surface area contributed by atoms with Gasteiger partial charge in [-0.25, -0.2) is 14.8 Å². The summed E-state index contributed by atoms with van der Waals surface area (Å²) < 4.78 is 1.99. The molecule has 0 radical (unpaired) electrons. The van der Waals surface area contributed by atoms with E-state index in [4.69, 9.17) is 0 Å². The fraction of sp³-hybridized carbons (Fsp3) is 0.310. The number of nitrogens with one attached hydrogen (secondary N) is 3. The van der Waals surface area contributed by atoms with Crippen molar-refractivity contribution in [3.8, 4) is 16.9 Å². The van der Waals surface area contributed by atoms with Gasteiger partial charge in [0.15, 0.2) is 0 Å². The van der Waals surface area contributed by atoms with Crippen molar-refractivity contribution in [3.05, 3.63) is 67.1 Å². The molecular weight excluding hydrogens is 464 g/mol. The van der Waals surface area contributed by atoms with Gasteiger partial charge in [-0.1, -0.05) is 43.5 Å². The summed E-state index contributed by atoms with van der Waals surface area (Å²) in [5.41, 5.74) is 3.78. The molecule has 2 aliphatic carbocycles. The van der Waals surface area contributed by atoms with Gasteiger partial charge in [0.25, 0.3) is 0 Å². The third kappa shape index (κ3) is 5.33. The van der Waals surface area contributed by atoms with E-state index in [0.717, 1.165) is 53.4 Å². The topological polar surface area (TPSA) is 101 Å². The van der Waals surface area contributed by atoms with Gasteiger partial charge in [0.1, 0.15) is 18.0 Å². The molecule has 2 fully saturated rings. The van der Waals surface area contributed by atoms with E-state index < -0.39 is 0 Å². The lowest BCUT2D eigenvalue weighted by molar-refractivity contribution is -0.117. The Morgan fingerprint density at radius 2 is 1.68 bits per heavy atom. The van der Waals surface area contributed by atoms with Gasteiger partial charge in [-0.3, -0.25) is 4.79 Å². The molecule has 8 nitrogen and oxygen atoms in total. The molecule has 2 aromatic carbocycles. The Kier molecular flexibility index (Phi) is 6.30. The number of carbonyl (C=O) groups excluding carboxylic acids is 2. The summed E-state index contributed by atoms with van der Waals surface area (Å²) in [6.45, 7) is 0. The van der Waals surface area contributed by atoms with Crippen LogP contribution >= 0.6 is 0 Å². The lowest BCUT2D eigenvalue weighted by Gasteiger charge is -2.22. The Labute approximate surface area is 215 Å². The molecule has 0 saturated heterocycles. The van der Waals surface area contributed by atoms with E-state index in [-0.39, 0.29) is 23.9 Å². The first-order chi connectivity index (χ1) is 18.1. The minimum Gasteiger partial charge on any atom is -0.335 e. The Morgan fingerprint density at radius 3 is 2.51 bits per heavy atom. The smallest absolute Gasteiger partial charge is 0.319 e. The molecule has 0 spiro atoms. The van der Waals surface area contributed by atoms with E-state index in [2.05, 4.69) is 44.1 Å². The average Bonchev–Trinajstić information content (AvgIpc) is 3.69. The van der Waals surface area contributed by atoms with Gasteiger partial charge in [0, 0.05) is 35.3 Å². The fourth-order valence-electron chi connectivity index (χ4n) is 5.00. The highest BCUT2D eigenvalue weighted by Gasteiger charge is 2.29. The normalized spacial score (nSPS) is 15.9. The first-order valence-corrected chi connectivity index (χ1v) is 13.0. The maximum absolute atomic E-state index is 12.5. The molecule has 37 heavy (non-hydrogen) atoms. The molecule has 2 aromatic heterocycles. The standard InChI is InChI=1S/C29H30N6O2/c36-28(20-10-11-20)34-26-17-27(31-18-30-26)35-14-13-19-9-12-22(16-25(19)35)21-5-4-8-24(15-21)33-29(37)32-23-6-2-1-3-7-23/h4-5,8-9,12-18,20,23H,1-3,6-7,10-11H2,(H2,32,33,37)(H,30,31,34,36). The molecule has 4 aromatic rings. The third-order valence-electron chi connectivity index (χ3n) is 7.19. The van der Waals surface area contributed by atoms with Crippen molar-refractivity contribution in [2.45, 2.75) is 51.0 Å². The number of rotatable bonds is 6. The van der Waals surface area contributed by atoms with Gasteiger partial charge in [-0.2, -0.15) is 0 Å². The fourth-order valence-corrected chi connectivity index (χ4v) is 5.00. The largest absolute Gasteiger partial charge is 0.335 e. The number of fused-ring (bicyclic) bond motifs is 1. The maximum atomic E-state index is 12.5. The van der Waals surface area contributed by atoms with Crippen LogP contribution in [0.5, 0.6) is 0 Å². The van der Waals surface area contributed by atoms with Crippen molar-refractivity contribution < 1.29 is 9.59 Å². The second-order valence-electron chi connectivity index (χ2n) is 10.00. The van der Waals surface area contributed by atoms with Crippen molar-refractivity contribution in [1.82, 2.24) is 19.9 Å². The predicted octanol–water partition coefficient (Wildman–Crippen LogP) is 5.89. The van der Waals surface area contributed by atoms with Crippen LogP contribution in [0.2, 0.25) is 0 Å². The minimum absolute atomic E-state index is 0.0187. The highest BCUT2D eigenvalue weighted by atomic mass is 16.2. The third-order valence-corrected chi connectivity index (χ3v) is 7.19. The van der Waals surface area contributed by atoms with Gasteiger partial charge in [0.05, 0.1) is 5.52 Å². The number of amides is 3. The maximum Gasteiger partial charge on any atom is 0.319 e. The van der Waals surface area contributed by atoms with Crippen LogP contribution < -0.4 is 16.0 Å². The van der Waals surface area contributed by atoms with E-state index in [1.807, 2.05) is 41.1 Å². The summed E-state index contributed by atoms with van der Waals surface area (Å²) in [6, 6.07) is 18.1. The highest BCUT2D eigenvalue weighted by molar-refractivity contribution is 5.94. The van der Waals surface area contributed by atoms with Crippen molar-refractivity contribution in [2.75, 3.05) is 10.6 Å².